The van der Waals surface area contributed by atoms with E-state index in [0.717, 1.165) is 56.3 Å². The van der Waals surface area contributed by atoms with Crippen molar-refractivity contribution in [3.63, 3.8) is 0 Å². The number of carbonyl (C=O) groups is 2. The van der Waals surface area contributed by atoms with Crippen molar-refractivity contribution in [2.24, 2.45) is 5.92 Å². The lowest BCUT2D eigenvalue weighted by atomic mass is 9.96. The van der Waals surface area contributed by atoms with E-state index in [4.69, 9.17) is 0 Å². The average molecular weight is 414 g/mol. The molecule has 1 N–H and O–H groups in total. The predicted molar refractivity (Wildman–Crippen MR) is 114 cm³/mol. The highest BCUT2D eigenvalue weighted by atomic mass is 32.1. The van der Waals surface area contributed by atoms with Gasteiger partial charge in [-0.05, 0) is 42.5 Å². The van der Waals surface area contributed by atoms with Crippen LogP contribution in [0.4, 0.5) is 9.80 Å². The summed E-state index contributed by atoms with van der Waals surface area (Å²) in [6.45, 7) is 5.23. The minimum atomic E-state index is -0.106. The molecule has 2 aliphatic heterocycles. The molecule has 0 bridgehead atoms. The fraction of sp³-hybridized carbons (Fsp3) is 0.476. The number of aromatic nitrogens is 1. The van der Waals surface area contributed by atoms with Crippen molar-refractivity contribution < 1.29 is 9.59 Å². The van der Waals surface area contributed by atoms with Crippen LogP contribution in [0.15, 0.2) is 41.9 Å². The number of hydrogen-bond donors (Lipinski definition) is 1. The average Bonchev–Trinajstić information content (AvgIpc) is 3.28. The molecule has 4 heterocycles. The lowest BCUT2D eigenvalue weighted by molar-refractivity contribution is -0.138. The van der Waals surface area contributed by atoms with E-state index >= 15 is 0 Å². The predicted octanol–water partition coefficient (Wildman–Crippen LogP) is 2.73. The first-order chi connectivity index (χ1) is 14.2. The maximum Gasteiger partial charge on any atom is 0.322 e. The van der Waals surface area contributed by atoms with Gasteiger partial charge in [-0.2, -0.15) is 0 Å². The molecule has 29 heavy (non-hydrogen) atoms. The molecule has 0 aliphatic carbocycles. The van der Waals surface area contributed by atoms with Gasteiger partial charge < -0.3 is 9.80 Å². The van der Waals surface area contributed by atoms with Crippen LogP contribution >= 0.6 is 11.3 Å². The number of pyridine rings is 1. The van der Waals surface area contributed by atoms with Gasteiger partial charge in [0, 0.05) is 52.0 Å². The van der Waals surface area contributed by atoms with Gasteiger partial charge in [0.05, 0.1) is 16.6 Å². The molecule has 0 aromatic carbocycles. The zero-order chi connectivity index (χ0) is 20.1. The van der Waals surface area contributed by atoms with Crippen LogP contribution in [0, 0.1) is 5.92 Å². The smallest absolute Gasteiger partial charge is 0.322 e. The first-order valence-electron chi connectivity index (χ1n) is 10.2. The minimum absolute atomic E-state index is 0.0971. The first-order valence-corrected chi connectivity index (χ1v) is 11.1. The summed E-state index contributed by atoms with van der Waals surface area (Å²) in [7, 11) is 0. The van der Waals surface area contributed by atoms with Gasteiger partial charge in [-0.15, -0.1) is 11.3 Å². The van der Waals surface area contributed by atoms with Crippen molar-refractivity contribution >= 4 is 28.3 Å². The zero-order valence-corrected chi connectivity index (χ0v) is 17.3. The highest BCUT2D eigenvalue weighted by Crippen LogP contribution is 2.22. The van der Waals surface area contributed by atoms with Gasteiger partial charge >= 0.3 is 6.03 Å². The second-order valence-electron chi connectivity index (χ2n) is 7.62. The molecule has 2 aliphatic rings. The summed E-state index contributed by atoms with van der Waals surface area (Å²) in [6.07, 6.45) is 3.54. The Morgan fingerprint density at radius 3 is 2.66 bits per heavy atom. The lowest BCUT2D eigenvalue weighted by Gasteiger charge is -2.38. The Kier molecular flexibility index (Phi) is 6.41. The van der Waals surface area contributed by atoms with E-state index in [2.05, 4.69) is 15.2 Å². The molecule has 4 rings (SSSR count). The van der Waals surface area contributed by atoms with Gasteiger partial charge in [-0.1, -0.05) is 6.07 Å². The van der Waals surface area contributed by atoms with E-state index in [0.29, 0.717) is 13.1 Å². The third-order valence-corrected chi connectivity index (χ3v) is 6.39. The summed E-state index contributed by atoms with van der Waals surface area (Å²) in [5.41, 5.74) is 1.06. The minimum Gasteiger partial charge on any atom is -0.340 e. The molecule has 2 saturated heterocycles. The van der Waals surface area contributed by atoms with E-state index < -0.39 is 0 Å². The van der Waals surface area contributed by atoms with E-state index in [-0.39, 0.29) is 17.9 Å². The third kappa shape index (κ3) is 5.13. The summed E-state index contributed by atoms with van der Waals surface area (Å²) in [5, 5.41) is 5.70. The molecule has 1 unspecified atom stereocenters. The number of carbonyl (C=O) groups excluding carboxylic acids is 2. The Hall–Kier alpha value is -2.45. The fourth-order valence-electron chi connectivity index (χ4n) is 4.00. The summed E-state index contributed by atoms with van der Waals surface area (Å²) in [4.78, 5) is 36.0. The highest BCUT2D eigenvalue weighted by molar-refractivity contribution is 7.14. The molecule has 0 saturated carbocycles. The Balaban J connectivity index is 1.26. The molecular formula is C21H27N5O2S. The van der Waals surface area contributed by atoms with Crippen LogP contribution in [-0.4, -0.2) is 70.9 Å². The van der Waals surface area contributed by atoms with Gasteiger partial charge in [0.1, 0.15) is 0 Å². The summed E-state index contributed by atoms with van der Waals surface area (Å²) in [5.74, 6) is 0.0938. The van der Waals surface area contributed by atoms with E-state index in [9.17, 15) is 9.59 Å². The van der Waals surface area contributed by atoms with Crippen molar-refractivity contribution in [3.8, 4) is 0 Å². The van der Waals surface area contributed by atoms with Crippen LogP contribution in [0.5, 0.6) is 0 Å². The largest absolute Gasteiger partial charge is 0.340 e. The Morgan fingerprint density at radius 1 is 1.07 bits per heavy atom. The Bertz CT molecular complexity index is 806. The van der Waals surface area contributed by atoms with Crippen molar-refractivity contribution in [2.75, 3.05) is 44.6 Å². The first kappa shape index (κ1) is 19.8. The lowest BCUT2D eigenvalue weighted by Crippen LogP contribution is -2.53. The van der Waals surface area contributed by atoms with Crippen LogP contribution in [0.2, 0.25) is 0 Å². The number of rotatable bonds is 4. The Labute approximate surface area is 175 Å². The molecular weight excluding hydrogens is 386 g/mol. The van der Waals surface area contributed by atoms with Gasteiger partial charge in [0.25, 0.3) is 0 Å². The number of anilines is 1. The number of piperidine rings is 1. The van der Waals surface area contributed by atoms with Crippen LogP contribution in [0.3, 0.4) is 0 Å². The molecule has 1 atom stereocenters. The SMILES string of the molecule is O=C(Nc1cccs1)N1CCCC(C(=O)N2CCN(Cc3ccccn3)CC2)C1. The highest BCUT2D eigenvalue weighted by Gasteiger charge is 2.32. The fourth-order valence-corrected chi connectivity index (χ4v) is 4.61. The normalized spacial score (nSPS) is 20.5. The molecule has 7 nitrogen and oxygen atoms in total. The monoisotopic (exact) mass is 413 g/mol. The second kappa shape index (κ2) is 9.37. The molecule has 2 aromatic heterocycles. The number of nitrogens with one attached hydrogen (secondary N) is 1. The number of amides is 3. The van der Waals surface area contributed by atoms with Gasteiger partial charge in [0.15, 0.2) is 0 Å². The van der Waals surface area contributed by atoms with Crippen molar-refractivity contribution in [1.82, 2.24) is 19.7 Å². The number of likely N-dealkylation sites (tertiary alicyclic amines) is 1. The zero-order valence-electron chi connectivity index (χ0n) is 16.5. The third-order valence-electron chi connectivity index (χ3n) is 5.60. The molecule has 2 fully saturated rings. The quantitative estimate of drug-likeness (QED) is 0.837. The van der Waals surface area contributed by atoms with Crippen LogP contribution in [-0.2, 0) is 11.3 Å². The summed E-state index contributed by atoms with van der Waals surface area (Å²) < 4.78 is 0. The van der Waals surface area contributed by atoms with Crippen LogP contribution in [0.25, 0.3) is 0 Å². The maximum atomic E-state index is 13.0. The molecule has 2 aromatic rings. The number of hydrogen-bond acceptors (Lipinski definition) is 5. The summed E-state index contributed by atoms with van der Waals surface area (Å²) >= 11 is 1.50. The molecule has 3 amide bonds. The number of piperazine rings is 1. The van der Waals surface area contributed by atoms with Crippen molar-refractivity contribution in [1.29, 1.82) is 0 Å². The second-order valence-corrected chi connectivity index (χ2v) is 8.56. The van der Waals surface area contributed by atoms with Gasteiger partial charge in [0.2, 0.25) is 5.91 Å². The molecule has 0 radical (unpaired) electrons. The van der Waals surface area contributed by atoms with E-state index in [1.54, 1.807) is 4.90 Å². The van der Waals surface area contributed by atoms with E-state index in [1.807, 2.05) is 46.8 Å². The van der Waals surface area contributed by atoms with E-state index in [1.165, 1.54) is 11.3 Å². The van der Waals surface area contributed by atoms with Crippen molar-refractivity contribution in [3.05, 3.63) is 47.6 Å². The Morgan fingerprint density at radius 2 is 1.93 bits per heavy atom. The number of urea groups is 1. The van der Waals surface area contributed by atoms with Crippen LogP contribution < -0.4 is 5.32 Å². The standard InChI is InChI=1S/C21H27N5O2S/c27-20(25-12-10-24(11-13-25)16-18-6-1-2-8-22-18)17-5-3-9-26(15-17)21(28)23-19-7-4-14-29-19/h1-2,4,6-8,14,17H,3,5,9-13,15-16H2,(H,23,28). The number of thiophene rings is 1. The summed E-state index contributed by atoms with van der Waals surface area (Å²) in [6, 6.07) is 9.66. The molecule has 0 spiro atoms. The molecule has 8 heteroatoms. The number of nitrogens with zero attached hydrogens (tertiary/aromatic N) is 4. The van der Waals surface area contributed by atoms with Gasteiger partial charge in [-0.25, -0.2) is 4.79 Å². The topological polar surface area (TPSA) is 68.8 Å². The maximum absolute atomic E-state index is 13.0. The molecule has 154 valence electrons. The van der Waals surface area contributed by atoms with Crippen molar-refractivity contribution in [2.45, 2.75) is 19.4 Å². The van der Waals surface area contributed by atoms with Crippen LogP contribution in [0.1, 0.15) is 18.5 Å². The van der Waals surface area contributed by atoms with Gasteiger partial charge in [-0.3, -0.25) is 20.0 Å².